The van der Waals surface area contributed by atoms with Crippen LogP contribution in [0.2, 0.25) is 0 Å². The molecule has 0 spiro atoms. The summed E-state index contributed by atoms with van der Waals surface area (Å²) in [6, 6.07) is 0.363. The molecule has 0 bridgehead atoms. The van der Waals surface area contributed by atoms with E-state index in [-0.39, 0.29) is 0 Å². The Labute approximate surface area is 111 Å². The van der Waals surface area contributed by atoms with Crippen LogP contribution in [0.5, 0.6) is 0 Å². The maximum absolute atomic E-state index is 5.17. The van der Waals surface area contributed by atoms with Gasteiger partial charge in [-0.1, -0.05) is 30.0 Å². The van der Waals surface area contributed by atoms with Crippen LogP contribution in [0.1, 0.15) is 6.92 Å². The summed E-state index contributed by atoms with van der Waals surface area (Å²) in [5, 5.41) is 12.6. The summed E-state index contributed by atoms with van der Waals surface area (Å²) in [4.78, 5) is 1.97. The maximum atomic E-state index is 5.17. The summed E-state index contributed by atoms with van der Waals surface area (Å²) in [5.74, 6) is 0.948. The van der Waals surface area contributed by atoms with E-state index in [1.807, 2.05) is 19.0 Å². The Hall–Kier alpha value is -0.370. The first kappa shape index (κ1) is 14.7. The number of hydrogen-bond donors (Lipinski definition) is 1. The number of nitrogens with zero attached hydrogens (tertiary/aromatic N) is 3. The molecule has 0 aliphatic carbocycles. The van der Waals surface area contributed by atoms with Crippen molar-refractivity contribution >= 4 is 28.2 Å². The molecule has 0 aliphatic heterocycles. The first-order valence-corrected chi connectivity index (χ1v) is 7.33. The van der Waals surface area contributed by atoms with Crippen molar-refractivity contribution in [1.82, 2.24) is 15.5 Å². The standard InChI is InChI=1S/C10H20N4OS2/c1-5-11-8(6-15-4)7-16-10-13-12-9(17-10)14(2)3/h8,11H,5-7H2,1-4H3. The van der Waals surface area contributed by atoms with Crippen LogP contribution in [-0.2, 0) is 4.74 Å². The number of rotatable bonds is 8. The molecule has 0 radical (unpaired) electrons. The van der Waals surface area contributed by atoms with E-state index in [0.717, 1.165) is 28.4 Å². The van der Waals surface area contributed by atoms with Crippen molar-refractivity contribution in [3.63, 3.8) is 0 Å². The molecule has 1 rings (SSSR count). The third-order valence-corrected chi connectivity index (χ3v) is 4.43. The van der Waals surface area contributed by atoms with Crippen molar-refractivity contribution in [3.8, 4) is 0 Å². The Balaban J connectivity index is 2.41. The molecule has 1 aromatic rings. The molecule has 1 N–H and O–H groups in total. The second-order valence-electron chi connectivity index (χ2n) is 3.77. The van der Waals surface area contributed by atoms with Crippen LogP contribution in [0.15, 0.2) is 4.34 Å². The lowest BCUT2D eigenvalue weighted by Crippen LogP contribution is -2.35. The molecule has 1 unspecified atom stereocenters. The van der Waals surface area contributed by atoms with Crippen molar-refractivity contribution in [1.29, 1.82) is 0 Å². The number of anilines is 1. The number of thioether (sulfide) groups is 1. The van der Waals surface area contributed by atoms with Gasteiger partial charge in [0, 0.05) is 33.0 Å². The van der Waals surface area contributed by atoms with Crippen molar-refractivity contribution in [2.45, 2.75) is 17.3 Å². The first-order chi connectivity index (χ1) is 8.17. The van der Waals surface area contributed by atoms with Crippen LogP contribution in [0.3, 0.4) is 0 Å². The van der Waals surface area contributed by atoms with Crippen LogP contribution in [0, 0.1) is 0 Å². The van der Waals surface area contributed by atoms with E-state index in [1.54, 1.807) is 30.2 Å². The summed E-state index contributed by atoms with van der Waals surface area (Å²) in [5.41, 5.74) is 0. The fraction of sp³-hybridized carbons (Fsp3) is 0.800. The molecule has 0 aromatic carbocycles. The van der Waals surface area contributed by atoms with Gasteiger partial charge in [-0.15, -0.1) is 10.2 Å². The number of hydrogen-bond acceptors (Lipinski definition) is 7. The molecule has 5 nitrogen and oxygen atoms in total. The normalized spacial score (nSPS) is 12.7. The predicted molar refractivity (Wildman–Crippen MR) is 74.3 cm³/mol. The Morgan fingerprint density at radius 3 is 2.76 bits per heavy atom. The highest BCUT2D eigenvalue weighted by atomic mass is 32.2. The van der Waals surface area contributed by atoms with E-state index < -0.39 is 0 Å². The van der Waals surface area contributed by atoms with Gasteiger partial charge in [-0.2, -0.15) is 0 Å². The van der Waals surface area contributed by atoms with Gasteiger partial charge in [0.05, 0.1) is 6.61 Å². The molecular weight excluding hydrogens is 256 g/mol. The Bertz CT molecular complexity index is 313. The molecular formula is C10H20N4OS2. The first-order valence-electron chi connectivity index (χ1n) is 5.53. The number of aromatic nitrogens is 2. The molecule has 1 aromatic heterocycles. The lowest BCUT2D eigenvalue weighted by Gasteiger charge is -2.15. The number of likely N-dealkylation sites (N-methyl/N-ethyl adjacent to an activating group) is 1. The SMILES string of the molecule is CCNC(COC)CSc1nnc(N(C)C)s1. The minimum atomic E-state index is 0.363. The molecule has 17 heavy (non-hydrogen) atoms. The van der Waals surface area contributed by atoms with Crippen LogP contribution in [0.25, 0.3) is 0 Å². The lowest BCUT2D eigenvalue weighted by atomic mass is 10.3. The van der Waals surface area contributed by atoms with Crippen molar-refractivity contribution in [2.75, 3.05) is 45.0 Å². The number of ether oxygens (including phenoxy) is 1. The van der Waals surface area contributed by atoms with Gasteiger partial charge in [-0.25, -0.2) is 0 Å². The van der Waals surface area contributed by atoms with E-state index in [2.05, 4.69) is 22.4 Å². The van der Waals surface area contributed by atoms with Crippen molar-refractivity contribution < 1.29 is 4.74 Å². The molecule has 7 heteroatoms. The minimum Gasteiger partial charge on any atom is -0.383 e. The largest absolute Gasteiger partial charge is 0.383 e. The zero-order valence-electron chi connectivity index (χ0n) is 10.8. The van der Waals surface area contributed by atoms with E-state index in [1.165, 1.54) is 0 Å². The maximum Gasteiger partial charge on any atom is 0.208 e. The molecule has 98 valence electrons. The molecule has 1 heterocycles. The van der Waals surface area contributed by atoms with E-state index in [0.29, 0.717) is 6.04 Å². The number of nitrogens with one attached hydrogen (secondary N) is 1. The smallest absolute Gasteiger partial charge is 0.208 e. The third kappa shape index (κ3) is 5.20. The van der Waals surface area contributed by atoms with Gasteiger partial charge in [-0.05, 0) is 6.54 Å². The molecule has 0 aliphatic rings. The zero-order chi connectivity index (χ0) is 12.7. The van der Waals surface area contributed by atoms with Gasteiger partial charge in [0.15, 0.2) is 4.34 Å². The average Bonchev–Trinajstić information content (AvgIpc) is 2.75. The molecule has 0 fully saturated rings. The topological polar surface area (TPSA) is 50.3 Å². The molecule has 0 amide bonds. The highest BCUT2D eigenvalue weighted by Gasteiger charge is 2.11. The van der Waals surface area contributed by atoms with Crippen LogP contribution >= 0.6 is 23.1 Å². The predicted octanol–water partition coefficient (Wildman–Crippen LogP) is 1.32. The minimum absolute atomic E-state index is 0.363. The third-order valence-electron chi connectivity index (χ3n) is 2.05. The fourth-order valence-corrected chi connectivity index (χ4v) is 3.09. The Morgan fingerprint density at radius 2 is 2.24 bits per heavy atom. The Kier molecular flexibility index (Phi) is 6.79. The van der Waals surface area contributed by atoms with Gasteiger partial charge in [0.2, 0.25) is 5.13 Å². The van der Waals surface area contributed by atoms with E-state index >= 15 is 0 Å². The molecule has 0 saturated heterocycles. The van der Waals surface area contributed by atoms with Crippen LogP contribution in [-0.4, -0.2) is 56.3 Å². The van der Waals surface area contributed by atoms with Gasteiger partial charge >= 0.3 is 0 Å². The van der Waals surface area contributed by atoms with Crippen molar-refractivity contribution in [3.05, 3.63) is 0 Å². The van der Waals surface area contributed by atoms with Gasteiger partial charge in [0.1, 0.15) is 0 Å². The number of methoxy groups -OCH3 is 1. The molecule has 1 atom stereocenters. The molecule has 0 saturated carbocycles. The summed E-state index contributed by atoms with van der Waals surface area (Å²) in [7, 11) is 5.67. The van der Waals surface area contributed by atoms with Crippen LogP contribution < -0.4 is 10.2 Å². The Morgan fingerprint density at radius 1 is 1.47 bits per heavy atom. The fourth-order valence-electron chi connectivity index (χ4n) is 1.27. The van der Waals surface area contributed by atoms with Crippen molar-refractivity contribution in [2.24, 2.45) is 0 Å². The second-order valence-corrected chi connectivity index (χ2v) is 5.99. The average molecular weight is 276 g/mol. The van der Waals surface area contributed by atoms with Gasteiger partial charge in [0.25, 0.3) is 0 Å². The van der Waals surface area contributed by atoms with E-state index in [9.17, 15) is 0 Å². The van der Waals surface area contributed by atoms with Gasteiger partial charge < -0.3 is 15.0 Å². The lowest BCUT2D eigenvalue weighted by molar-refractivity contribution is 0.174. The monoisotopic (exact) mass is 276 g/mol. The van der Waals surface area contributed by atoms with E-state index in [4.69, 9.17) is 4.74 Å². The summed E-state index contributed by atoms with van der Waals surface area (Å²) in [6.45, 7) is 3.77. The second kappa shape index (κ2) is 7.86. The quantitative estimate of drug-likeness (QED) is 0.723. The zero-order valence-corrected chi connectivity index (χ0v) is 12.4. The highest BCUT2D eigenvalue weighted by molar-refractivity contribution is 8.01. The summed E-state index contributed by atoms with van der Waals surface area (Å²) >= 11 is 3.34. The highest BCUT2D eigenvalue weighted by Crippen LogP contribution is 2.27. The summed E-state index contributed by atoms with van der Waals surface area (Å²) in [6.07, 6.45) is 0. The van der Waals surface area contributed by atoms with Gasteiger partial charge in [-0.3, -0.25) is 0 Å². The van der Waals surface area contributed by atoms with Crippen LogP contribution in [0.4, 0.5) is 5.13 Å². The summed E-state index contributed by atoms with van der Waals surface area (Å²) < 4.78 is 6.18.